The number of hydrogen-bond acceptors (Lipinski definition) is 4. The maximum absolute atomic E-state index is 10.1. The Morgan fingerprint density at radius 1 is 1.31 bits per heavy atom. The minimum atomic E-state index is -4.10. The van der Waals surface area contributed by atoms with Gasteiger partial charge >= 0.3 is 0 Å². The second kappa shape index (κ2) is 6.62. The molecule has 0 aromatic carbocycles. The molecule has 6 nitrogen and oxygen atoms in total. The average molecular weight is 253 g/mol. The Morgan fingerprint density at radius 2 is 1.62 bits per heavy atom. The molecular formula is C9H19NO5S. The number of aliphatic carboxylic acids is 1. The van der Waals surface area contributed by atoms with Crippen LogP contribution in [0.3, 0.4) is 0 Å². The first kappa shape index (κ1) is 17.5. The molecule has 0 amide bonds. The van der Waals surface area contributed by atoms with Crippen LogP contribution in [0.1, 0.15) is 6.42 Å². The molecule has 0 spiro atoms. The molecule has 0 aliphatic rings. The molecule has 1 N–H and O–H groups in total. The van der Waals surface area contributed by atoms with Crippen molar-refractivity contribution >= 4 is 16.1 Å². The van der Waals surface area contributed by atoms with E-state index in [4.69, 9.17) is 4.55 Å². The summed E-state index contributed by atoms with van der Waals surface area (Å²) in [6, 6.07) is 0. The zero-order chi connectivity index (χ0) is 13.6. The summed E-state index contributed by atoms with van der Waals surface area (Å²) in [5.74, 6) is -2.14. The zero-order valence-electron chi connectivity index (χ0n) is 10.1. The molecule has 0 radical (unpaired) electrons. The van der Waals surface area contributed by atoms with Gasteiger partial charge in [0.2, 0.25) is 0 Å². The van der Waals surface area contributed by atoms with Gasteiger partial charge in [0.05, 0.1) is 39.9 Å². The van der Waals surface area contributed by atoms with Crippen molar-refractivity contribution in [3.05, 3.63) is 12.2 Å². The third kappa shape index (κ3) is 23.2. The van der Waals surface area contributed by atoms with E-state index in [1.807, 2.05) is 0 Å². The lowest BCUT2D eigenvalue weighted by molar-refractivity contribution is -0.849. The molecule has 0 heterocycles. The fraction of sp³-hybridized carbons (Fsp3) is 0.667. The maximum atomic E-state index is 10.1. The van der Waals surface area contributed by atoms with Gasteiger partial charge in [0.25, 0.3) is 10.1 Å². The van der Waals surface area contributed by atoms with Crippen LogP contribution in [0.4, 0.5) is 0 Å². The monoisotopic (exact) mass is 253 g/mol. The van der Waals surface area contributed by atoms with Crippen LogP contribution in [0.25, 0.3) is 0 Å². The van der Waals surface area contributed by atoms with Crippen LogP contribution in [0, 0.1) is 0 Å². The van der Waals surface area contributed by atoms with Crippen molar-refractivity contribution < 1.29 is 27.4 Å². The van der Waals surface area contributed by atoms with E-state index in [1.165, 1.54) is 0 Å². The number of quaternary nitrogens is 1. The number of nitrogens with zero attached hydrogens (tertiary/aromatic N) is 1. The summed E-state index contributed by atoms with van der Waals surface area (Å²) in [6.07, 6.45) is -0.318. The minimum absolute atomic E-state index is 0.318. The van der Waals surface area contributed by atoms with Crippen LogP contribution >= 0.6 is 0 Å². The second-order valence-electron chi connectivity index (χ2n) is 4.61. The van der Waals surface area contributed by atoms with Gasteiger partial charge in [-0.1, -0.05) is 6.58 Å². The van der Waals surface area contributed by atoms with Gasteiger partial charge in [0.1, 0.15) is 0 Å². The summed E-state index contributed by atoms with van der Waals surface area (Å²) in [7, 11) is 4.40. The average Bonchev–Trinajstić information content (AvgIpc) is 1.95. The molecule has 0 aromatic heterocycles. The highest BCUT2D eigenvalue weighted by atomic mass is 32.2. The van der Waals surface area contributed by atoms with Gasteiger partial charge in [-0.15, -0.1) is 0 Å². The third-order valence-electron chi connectivity index (χ3n) is 0.950. The van der Waals surface area contributed by atoms with E-state index in [9.17, 15) is 18.3 Å². The first-order valence-corrected chi connectivity index (χ1v) is 6.07. The highest BCUT2D eigenvalue weighted by Gasteiger charge is 2.05. The Labute approximate surface area is 96.5 Å². The van der Waals surface area contributed by atoms with Crippen molar-refractivity contribution in [3.8, 4) is 0 Å². The van der Waals surface area contributed by atoms with Crippen LogP contribution in [0.5, 0.6) is 0 Å². The standard InChI is InChI=1S/C5H8O5S.C4H12N/c1-4(5(6)7)2-3-11(8,9)10;1-5(2,3)4/h1-3H2,(H,6,7)(H,8,9,10);1-4H3/q;+1/p-1. The second-order valence-corrected chi connectivity index (χ2v) is 6.18. The van der Waals surface area contributed by atoms with Gasteiger partial charge in [0.15, 0.2) is 0 Å². The summed E-state index contributed by atoms with van der Waals surface area (Å²) >= 11 is 0. The molecule has 0 aliphatic carbocycles. The van der Waals surface area contributed by atoms with Crippen molar-refractivity contribution in [1.82, 2.24) is 0 Å². The number of carbonyl (C=O) groups excluding carboxylic acids is 1. The smallest absolute Gasteiger partial charge is 0.265 e. The molecule has 0 unspecified atom stereocenters. The fourth-order valence-corrected chi connectivity index (χ4v) is 0.859. The minimum Gasteiger partial charge on any atom is -0.545 e. The van der Waals surface area contributed by atoms with Crippen LogP contribution in [0.15, 0.2) is 12.2 Å². The number of carbonyl (C=O) groups is 1. The molecule has 16 heavy (non-hydrogen) atoms. The first-order valence-electron chi connectivity index (χ1n) is 4.46. The van der Waals surface area contributed by atoms with Gasteiger partial charge in [-0.25, -0.2) is 0 Å². The summed E-state index contributed by atoms with van der Waals surface area (Å²) in [5, 5.41) is 9.93. The Hall–Kier alpha value is -0.920. The predicted octanol–water partition coefficient (Wildman–Crippen LogP) is -1.11. The molecule has 96 valence electrons. The molecule has 0 aromatic rings. The summed E-state index contributed by atoms with van der Waals surface area (Å²) in [5.41, 5.74) is -0.345. The summed E-state index contributed by atoms with van der Waals surface area (Å²) < 4.78 is 29.3. The largest absolute Gasteiger partial charge is 0.545 e. The number of carboxylic acids is 1. The Bertz CT molecular complexity index is 333. The summed E-state index contributed by atoms with van der Waals surface area (Å²) in [4.78, 5) is 9.93. The van der Waals surface area contributed by atoms with Crippen molar-refractivity contribution in [1.29, 1.82) is 0 Å². The van der Waals surface area contributed by atoms with Gasteiger partial charge in [-0.2, -0.15) is 8.42 Å². The summed E-state index contributed by atoms with van der Waals surface area (Å²) in [6.45, 7) is 3.02. The zero-order valence-corrected chi connectivity index (χ0v) is 10.9. The fourth-order valence-electron chi connectivity index (χ4n) is 0.354. The van der Waals surface area contributed by atoms with Gasteiger partial charge in [0, 0.05) is 0 Å². The molecule has 7 heteroatoms. The van der Waals surface area contributed by atoms with E-state index in [-0.39, 0.29) is 12.0 Å². The third-order valence-corrected chi connectivity index (χ3v) is 1.67. The van der Waals surface area contributed by atoms with Crippen LogP contribution in [0.2, 0.25) is 0 Å². The van der Waals surface area contributed by atoms with E-state index in [2.05, 4.69) is 34.8 Å². The number of rotatable bonds is 4. The molecule has 0 aliphatic heterocycles. The van der Waals surface area contributed by atoms with Crippen LogP contribution in [-0.4, -0.2) is 57.4 Å². The quantitative estimate of drug-likeness (QED) is 0.389. The molecule has 0 atom stereocenters. The molecule has 0 rings (SSSR count). The lowest BCUT2D eigenvalue weighted by Gasteiger charge is -2.14. The van der Waals surface area contributed by atoms with E-state index in [0.717, 1.165) is 4.48 Å². The maximum Gasteiger partial charge on any atom is 0.265 e. The van der Waals surface area contributed by atoms with Gasteiger partial charge < -0.3 is 14.4 Å². The first-order chi connectivity index (χ1) is 6.83. The number of hydrogen-bond donors (Lipinski definition) is 1. The van der Waals surface area contributed by atoms with E-state index >= 15 is 0 Å². The lowest BCUT2D eigenvalue weighted by atomic mass is 10.2. The van der Waals surface area contributed by atoms with Crippen LogP contribution in [-0.2, 0) is 14.9 Å². The van der Waals surface area contributed by atoms with E-state index < -0.39 is 21.8 Å². The normalized spacial score (nSPS) is 11.3. The van der Waals surface area contributed by atoms with Crippen LogP contribution < -0.4 is 5.11 Å². The van der Waals surface area contributed by atoms with Crippen molar-refractivity contribution in [2.75, 3.05) is 33.9 Å². The topological polar surface area (TPSA) is 94.5 Å². The van der Waals surface area contributed by atoms with Crippen molar-refractivity contribution in [2.24, 2.45) is 0 Å². The van der Waals surface area contributed by atoms with Gasteiger partial charge in [-0.3, -0.25) is 4.55 Å². The molecule has 0 fully saturated rings. The van der Waals surface area contributed by atoms with Crippen molar-refractivity contribution in [2.45, 2.75) is 6.42 Å². The Kier molecular flexibility index (Phi) is 7.23. The van der Waals surface area contributed by atoms with E-state index in [1.54, 1.807) is 0 Å². The molecule has 0 saturated heterocycles. The number of carboxylic acid groups (broad SMARTS) is 1. The van der Waals surface area contributed by atoms with Crippen molar-refractivity contribution in [3.63, 3.8) is 0 Å². The molecule has 0 bridgehead atoms. The Balaban J connectivity index is 0. The van der Waals surface area contributed by atoms with E-state index in [0.29, 0.717) is 0 Å². The highest BCUT2D eigenvalue weighted by Crippen LogP contribution is 1.98. The Morgan fingerprint density at radius 3 is 1.81 bits per heavy atom. The molecule has 0 saturated carbocycles. The predicted molar refractivity (Wildman–Crippen MR) is 59.1 cm³/mol. The van der Waals surface area contributed by atoms with Gasteiger partial charge in [-0.05, 0) is 12.0 Å². The molecular weight excluding hydrogens is 234 g/mol. The SMILES string of the molecule is C=C(CCS(=O)(=O)O)C(=O)[O-].C[N+](C)(C)C. The lowest BCUT2D eigenvalue weighted by Crippen LogP contribution is -2.27. The highest BCUT2D eigenvalue weighted by molar-refractivity contribution is 7.85.